The topological polar surface area (TPSA) is 83.0 Å². The summed E-state index contributed by atoms with van der Waals surface area (Å²) in [6, 6.07) is 5.63. The molecule has 0 aromatic heterocycles. The molecule has 7 nitrogen and oxygen atoms in total. The monoisotopic (exact) mass is 530 g/mol. The molecule has 154 valence electrons. The lowest BCUT2D eigenvalue weighted by Crippen LogP contribution is -2.39. The van der Waals surface area contributed by atoms with Gasteiger partial charge in [0.1, 0.15) is 5.75 Å². The summed E-state index contributed by atoms with van der Waals surface area (Å²) in [6.07, 6.45) is 1.45. The van der Waals surface area contributed by atoms with Gasteiger partial charge in [0, 0.05) is 31.2 Å². The zero-order chi connectivity index (χ0) is 19.0. The van der Waals surface area contributed by atoms with Gasteiger partial charge in [-0.2, -0.15) is 0 Å². The number of methoxy groups -OCH3 is 1. The molecule has 1 fully saturated rings. The van der Waals surface area contributed by atoms with Crippen LogP contribution >= 0.6 is 35.6 Å². The molecule has 0 aliphatic carbocycles. The van der Waals surface area contributed by atoms with Crippen LogP contribution in [0.2, 0.25) is 5.02 Å². The Labute approximate surface area is 184 Å². The molecule has 0 spiro atoms. The first-order valence-electron chi connectivity index (χ1n) is 8.78. The number of sulfonamides is 1. The highest BCUT2D eigenvalue weighted by atomic mass is 127. The smallest absolute Gasteiger partial charge is 0.214 e. The van der Waals surface area contributed by atoms with Gasteiger partial charge in [0.15, 0.2) is 5.96 Å². The van der Waals surface area contributed by atoms with Crippen molar-refractivity contribution >= 4 is 51.6 Å². The molecule has 0 bridgehead atoms. The molecule has 0 saturated carbocycles. The van der Waals surface area contributed by atoms with E-state index < -0.39 is 10.0 Å². The van der Waals surface area contributed by atoms with Crippen LogP contribution in [0.15, 0.2) is 23.2 Å². The van der Waals surface area contributed by atoms with Crippen LogP contribution < -0.4 is 15.4 Å². The van der Waals surface area contributed by atoms with Crippen molar-refractivity contribution in [3.8, 4) is 5.75 Å². The summed E-state index contributed by atoms with van der Waals surface area (Å²) in [5.74, 6) is 1.66. The highest BCUT2D eigenvalue weighted by Crippen LogP contribution is 2.22. The number of rotatable bonds is 8. The molecule has 1 aliphatic heterocycles. The van der Waals surface area contributed by atoms with E-state index in [1.807, 2.05) is 19.1 Å². The average Bonchev–Trinajstić information content (AvgIpc) is 2.94. The Morgan fingerprint density at radius 3 is 2.74 bits per heavy atom. The van der Waals surface area contributed by atoms with Crippen LogP contribution in [-0.2, 0) is 16.4 Å². The van der Waals surface area contributed by atoms with E-state index in [0.717, 1.165) is 24.3 Å². The molecule has 1 heterocycles. The van der Waals surface area contributed by atoms with E-state index >= 15 is 0 Å². The predicted octanol–water partition coefficient (Wildman–Crippen LogP) is 2.10. The van der Waals surface area contributed by atoms with E-state index in [1.54, 1.807) is 13.2 Å². The van der Waals surface area contributed by atoms with Crippen molar-refractivity contribution in [2.45, 2.75) is 19.8 Å². The molecular weight excluding hydrogens is 503 g/mol. The molecule has 0 unspecified atom stereocenters. The van der Waals surface area contributed by atoms with Gasteiger partial charge in [-0.1, -0.05) is 17.7 Å². The second kappa shape index (κ2) is 11.9. The first-order valence-corrected chi connectivity index (χ1v) is 10.8. The Hall–Kier alpha value is -0.780. The van der Waals surface area contributed by atoms with E-state index in [4.69, 9.17) is 16.3 Å². The van der Waals surface area contributed by atoms with Crippen molar-refractivity contribution in [2.24, 2.45) is 4.99 Å². The summed E-state index contributed by atoms with van der Waals surface area (Å²) >= 11 is 6.25. The number of hydrogen-bond donors (Lipinski definition) is 2. The van der Waals surface area contributed by atoms with Crippen LogP contribution in [0.25, 0.3) is 0 Å². The maximum Gasteiger partial charge on any atom is 0.214 e. The van der Waals surface area contributed by atoms with Crippen molar-refractivity contribution in [1.29, 1.82) is 0 Å². The second-order valence-electron chi connectivity index (χ2n) is 5.96. The lowest BCUT2D eigenvalue weighted by molar-refractivity contribution is 0.414. The van der Waals surface area contributed by atoms with Crippen molar-refractivity contribution < 1.29 is 13.2 Å². The fourth-order valence-electron chi connectivity index (χ4n) is 2.73. The third kappa shape index (κ3) is 7.63. The van der Waals surface area contributed by atoms with E-state index in [2.05, 4.69) is 15.6 Å². The molecule has 2 N–H and O–H groups in total. The number of guanidine groups is 1. The maximum absolute atomic E-state index is 11.8. The number of aliphatic imine (C=N–C) groups is 1. The van der Waals surface area contributed by atoms with Gasteiger partial charge < -0.3 is 15.4 Å². The van der Waals surface area contributed by atoms with Gasteiger partial charge in [0.25, 0.3) is 0 Å². The van der Waals surface area contributed by atoms with E-state index in [9.17, 15) is 8.42 Å². The normalized spacial score (nSPS) is 16.6. The molecule has 10 heteroatoms. The second-order valence-corrected chi connectivity index (χ2v) is 8.46. The fourth-order valence-corrected chi connectivity index (χ4v) is 4.52. The van der Waals surface area contributed by atoms with Crippen LogP contribution in [0.3, 0.4) is 0 Å². The quantitative estimate of drug-likeness (QED) is 0.306. The van der Waals surface area contributed by atoms with Gasteiger partial charge in [0.2, 0.25) is 10.0 Å². The molecule has 1 aromatic rings. The number of nitrogens with one attached hydrogen (secondary N) is 2. The standard InChI is InChI=1S/C17H27ClN4O3S.HI/c1-3-19-17(21-9-11-22-10-4-12-26(22,23)24)20-8-7-14-5-6-15(25-2)13-16(14)18;/h5-6,13H,3-4,7-12H2,1-2H3,(H2,19,20,21);1H. The van der Waals surface area contributed by atoms with Gasteiger partial charge >= 0.3 is 0 Å². The zero-order valence-electron chi connectivity index (χ0n) is 15.7. The summed E-state index contributed by atoms with van der Waals surface area (Å²) < 4.78 is 30.2. The Morgan fingerprint density at radius 1 is 1.37 bits per heavy atom. The SMILES string of the molecule is CCNC(=NCCN1CCCS1(=O)=O)NCCc1ccc(OC)cc1Cl.I. The Morgan fingerprint density at radius 2 is 2.15 bits per heavy atom. The van der Waals surface area contributed by atoms with E-state index in [0.29, 0.717) is 43.6 Å². The number of benzene rings is 1. The summed E-state index contributed by atoms with van der Waals surface area (Å²) in [5, 5.41) is 7.09. The summed E-state index contributed by atoms with van der Waals surface area (Å²) in [7, 11) is -1.45. The third-order valence-corrected chi connectivity index (χ3v) is 6.42. The van der Waals surface area contributed by atoms with Crippen LogP contribution in [0.1, 0.15) is 18.9 Å². The predicted molar refractivity (Wildman–Crippen MR) is 121 cm³/mol. The van der Waals surface area contributed by atoms with Crippen molar-refractivity contribution in [3.63, 3.8) is 0 Å². The highest BCUT2D eigenvalue weighted by molar-refractivity contribution is 14.0. The van der Waals surface area contributed by atoms with Crippen molar-refractivity contribution in [2.75, 3.05) is 45.6 Å². The largest absolute Gasteiger partial charge is 0.497 e. The minimum Gasteiger partial charge on any atom is -0.497 e. The molecule has 0 amide bonds. The summed E-state index contributed by atoms with van der Waals surface area (Å²) in [6.45, 7) is 4.83. The van der Waals surface area contributed by atoms with Crippen molar-refractivity contribution in [3.05, 3.63) is 28.8 Å². The molecule has 0 atom stereocenters. The van der Waals surface area contributed by atoms with Crippen LogP contribution in [0.4, 0.5) is 0 Å². The first-order chi connectivity index (χ1) is 12.5. The van der Waals surface area contributed by atoms with E-state index in [-0.39, 0.29) is 29.7 Å². The zero-order valence-corrected chi connectivity index (χ0v) is 19.6. The Kier molecular flexibility index (Phi) is 10.7. The van der Waals surface area contributed by atoms with Crippen LogP contribution in [0, 0.1) is 0 Å². The number of hydrogen-bond acceptors (Lipinski definition) is 4. The molecule has 1 aromatic carbocycles. The Balaban J connectivity index is 0.00000364. The fraction of sp³-hybridized carbons (Fsp3) is 0.588. The van der Waals surface area contributed by atoms with Gasteiger partial charge in [-0.3, -0.25) is 4.99 Å². The van der Waals surface area contributed by atoms with Crippen LogP contribution in [-0.4, -0.2) is 64.3 Å². The minimum atomic E-state index is -3.06. The molecule has 0 radical (unpaired) electrons. The molecule has 2 rings (SSSR count). The summed E-state index contributed by atoms with van der Waals surface area (Å²) in [4.78, 5) is 4.46. The lowest BCUT2D eigenvalue weighted by Gasteiger charge is -2.14. The third-order valence-electron chi connectivity index (χ3n) is 4.11. The van der Waals surface area contributed by atoms with Gasteiger partial charge in [-0.05, 0) is 37.5 Å². The Bertz CT molecular complexity index is 731. The molecule has 27 heavy (non-hydrogen) atoms. The maximum atomic E-state index is 11.8. The molecular formula is C17H28ClIN4O3S. The number of halogens is 2. The highest BCUT2D eigenvalue weighted by Gasteiger charge is 2.27. The lowest BCUT2D eigenvalue weighted by atomic mass is 10.1. The van der Waals surface area contributed by atoms with E-state index in [1.165, 1.54) is 4.31 Å². The minimum absolute atomic E-state index is 0. The molecule has 1 saturated heterocycles. The van der Waals surface area contributed by atoms with Crippen LogP contribution in [0.5, 0.6) is 5.75 Å². The van der Waals surface area contributed by atoms with Gasteiger partial charge in [-0.25, -0.2) is 12.7 Å². The summed E-state index contributed by atoms with van der Waals surface area (Å²) in [5.41, 5.74) is 1.03. The van der Waals surface area contributed by atoms with Crippen molar-refractivity contribution in [1.82, 2.24) is 14.9 Å². The number of ether oxygens (including phenoxy) is 1. The van der Waals surface area contributed by atoms with Gasteiger partial charge in [0.05, 0.1) is 19.4 Å². The number of nitrogens with zero attached hydrogens (tertiary/aromatic N) is 2. The van der Waals surface area contributed by atoms with Gasteiger partial charge in [-0.15, -0.1) is 24.0 Å². The average molecular weight is 531 g/mol. The first kappa shape index (κ1) is 24.3. The molecule has 1 aliphatic rings.